The minimum absolute atomic E-state index is 0.223. The summed E-state index contributed by atoms with van der Waals surface area (Å²) >= 11 is 0. The van der Waals surface area contributed by atoms with Crippen molar-refractivity contribution in [2.24, 2.45) is 5.73 Å². The average molecular weight is 263 g/mol. The molecule has 1 aliphatic heterocycles. The lowest BCUT2D eigenvalue weighted by Crippen LogP contribution is -2.50. The Hall–Kier alpha value is -1.97. The summed E-state index contributed by atoms with van der Waals surface area (Å²) in [5.41, 5.74) is 5.43. The van der Waals surface area contributed by atoms with E-state index in [0.717, 1.165) is 6.07 Å². The van der Waals surface area contributed by atoms with E-state index in [1.165, 1.54) is 6.07 Å². The molecule has 19 heavy (non-hydrogen) atoms. The third-order valence-corrected chi connectivity index (χ3v) is 3.30. The molecule has 1 atom stereocenters. The first-order chi connectivity index (χ1) is 8.93. The van der Waals surface area contributed by atoms with Crippen molar-refractivity contribution < 1.29 is 14.3 Å². The quantitative estimate of drug-likeness (QED) is 0.837. The van der Waals surface area contributed by atoms with Gasteiger partial charge in [-0.25, -0.2) is 4.39 Å². The van der Waals surface area contributed by atoms with Gasteiger partial charge in [0.1, 0.15) is 11.4 Å². The van der Waals surface area contributed by atoms with Crippen molar-refractivity contribution in [2.75, 3.05) is 13.1 Å². The zero-order valence-electron chi connectivity index (χ0n) is 10.3. The maximum atomic E-state index is 13.3. The Bertz CT molecular complexity index is 555. The molecule has 1 unspecified atom stereocenters. The van der Waals surface area contributed by atoms with E-state index >= 15 is 0 Å². The second-order valence-electron chi connectivity index (χ2n) is 4.88. The van der Waals surface area contributed by atoms with Gasteiger partial charge in [-0.05, 0) is 30.2 Å². The van der Waals surface area contributed by atoms with Crippen LogP contribution in [0, 0.1) is 17.1 Å². The Morgan fingerprint density at radius 1 is 1.58 bits per heavy atom. The third kappa shape index (κ3) is 2.89. The minimum atomic E-state index is -1.23. The van der Waals surface area contributed by atoms with Crippen molar-refractivity contribution in [3.8, 4) is 6.07 Å². The number of carbonyl (C=O) groups is 1. The van der Waals surface area contributed by atoms with E-state index in [4.69, 9.17) is 16.1 Å². The van der Waals surface area contributed by atoms with Crippen LogP contribution in [0.3, 0.4) is 0 Å². The van der Waals surface area contributed by atoms with E-state index in [1.54, 1.807) is 6.07 Å². The summed E-state index contributed by atoms with van der Waals surface area (Å²) in [6.45, 7) is 1.15. The minimum Gasteiger partial charge on any atom is -0.480 e. The van der Waals surface area contributed by atoms with Gasteiger partial charge in [0.15, 0.2) is 0 Å². The predicted molar refractivity (Wildman–Crippen MR) is 65.6 cm³/mol. The van der Waals surface area contributed by atoms with E-state index in [1.807, 2.05) is 11.0 Å². The summed E-state index contributed by atoms with van der Waals surface area (Å²) in [5, 5.41) is 17.8. The molecule has 100 valence electrons. The van der Waals surface area contributed by atoms with Gasteiger partial charge < -0.3 is 10.8 Å². The van der Waals surface area contributed by atoms with E-state index in [0.29, 0.717) is 25.1 Å². The lowest BCUT2D eigenvalue weighted by atomic mass is 10.0. The molecule has 1 heterocycles. The maximum absolute atomic E-state index is 13.3. The fourth-order valence-corrected chi connectivity index (χ4v) is 2.29. The number of nitriles is 1. The second-order valence-corrected chi connectivity index (χ2v) is 4.88. The molecule has 0 saturated carbocycles. The maximum Gasteiger partial charge on any atom is 0.325 e. The van der Waals surface area contributed by atoms with E-state index in [2.05, 4.69) is 0 Å². The summed E-state index contributed by atoms with van der Waals surface area (Å²) < 4.78 is 13.3. The highest BCUT2D eigenvalue weighted by molar-refractivity contribution is 5.79. The van der Waals surface area contributed by atoms with Crippen LogP contribution in [0.4, 0.5) is 4.39 Å². The Balaban J connectivity index is 2.10. The molecule has 0 aliphatic carbocycles. The molecule has 0 amide bonds. The van der Waals surface area contributed by atoms with Crippen LogP contribution in [-0.2, 0) is 11.3 Å². The highest BCUT2D eigenvalue weighted by Crippen LogP contribution is 2.21. The number of hydrogen-bond acceptors (Lipinski definition) is 4. The van der Waals surface area contributed by atoms with Crippen molar-refractivity contribution in [3.63, 3.8) is 0 Å². The van der Waals surface area contributed by atoms with Crippen molar-refractivity contribution >= 4 is 5.97 Å². The first-order valence-corrected chi connectivity index (χ1v) is 5.87. The van der Waals surface area contributed by atoms with Crippen LogP contribution in [0.1, 0.15) is 17.5 Å². The number of rotatable bonds is 3. The fourth-order valence-electron chi connectivity index (χ4n) is 2.29. The summed E-state index contributed by atoms with van der Waals surface area (Å²) in [5.74, 6) is -1.49. The monoisotopic (exact) mass is 263 g/mol. The number of halogens is 1. The highest BCUT2D eigenvalue weighted by Gasteiger charge is 2.41. The third-order valence-electron chi connectivity index (χ3n) is 3.30. The normalized spacial score (nSPS) is 23.2. The summed E-state index contributed by atoms with van der Waals surface area (Å²) in [4.78, 5) is 12.9. The largest absolute Gasteiger partial charge is 0.480 e. The number of aliphatic carboxylic acids is 1. The van der Waals surface area contributed by atoms with Crippen molar-refractivity contribution in [3.05, 3.63) is 35.1 Å². The number of carboxylic acids is 1. The van der Waals surface area contributed by atoms with Crippen molar-refractivity contribution in [1.29, 1.82) is 5.26 Å². The molecule has 1 fully saturated rings. The SMILES string of the molecule is N#Cc1cc(F)cc(CN2CCC(N)(C(=O)O)C2)c1. The number of likely N-dealkylation sites (tertiary alicyclic amines) is 1. The molecule has 0 radical (unpaired) electrons. The summed E-state index contributed by atoms with van der Waals surface area (Å²) in [6, 6.07) is 6.00. The van der Waals surface area contributed by atoms with Gasteiger partial charge in [-0.15, -0.1) is 0 Å². The molecule has 2 rings (SSSR count). The topological polar surface area (TPSA) is 90.4 Å². The van der Waals surface area contributed by atoms with Crippen LogP contribution in [0.25, 0.3) is 0 Å². The summed E-state index contributed by atoms with van der Waals surface area (Å²) in [6.07, 6.45) is 0.364. The fraction of sp³-hybridized carbons (Fsp3) is 0.385. The molecule has 3 N–H and O–H groups in total. The lowest BCUT2D eigenvalue weighted by molar-refractivity contribution is -0.142. The van der Waals surface area contributed by atoms with Gasteiger partial charge in [-0.3, -0.25) is 9.69 Å². The van der Waals surface area contributed by atoms with Gasteiger partial charge in [0.25, 0.3) is 0 Å². The molecule has 5 nitrogen and oxygen atoms in total. The molecule has 6 heteroatoms. The Morgan fingerprint density at radius 3 is 2.89 bits per heavy atom. The van der Waals surface area contributed by atoms with Gasteiger partial charge in [0, 0.05) is 19.6 Å². The van der Waals surface area contributed by atoms with Crippen LogP contribution in [0.5, 0.6) is 0 Å². The van der Waals surface area contributed by atoms with Crippen LogP contribution in [0.15, 0.2) is 18.2 Å². The van der Waals surface area contributed by atoms with Gasteiger partial charge >= 0.3 is 5.97 Å². The van der Waals surface area contributed by atoms with Gasteiger partial charge in [-0.2, -0.15) is 5.26 Å². The predicted octanol–water partition coefficient (Wildman–Crippen LogP) is 0.685. The van der Waals surface area contributed by atoms with Gasteiger partial charge in [-0.1, -0.05) is 0 Å². The number of hydrogen-bond donors (Lipinski definition) is 2. The average Bonchev–Trinajstić information content (AvgIpc) is 2.71. The van der Waals surface area contributed by atoms with E-state index < -0.39 is 17.3 Å². The lowest BCUT2D eigenvalue weighted by Gasteiger charge is -2.20. The Labute approximate surface area is 110 Å². The van der Waals surface area contributed by atoms with Crippen LogP contribution in [-0.4, -0.2) is 34.6 Å². The van der Waals surface area contributed by atoms with Gasteiger partial charge in [0.2, 0.25) is 0 Å². The zero-order valence-corrected chi connectivity index (χ0v) is 10.3. The Morgan fingerprint density at radius 2 is 2.32 bits per heavy atom. The first kappa shape index (κ1) is 13.5. The number of carboxylic acid groups (broad SMARTS) is 1. The molecule has 0 bridgehead atoms. The molecule has 0 aromatic heterocycles. The molecular weight excluding hydrogens is 249 g/mol. The molecule has 1 saturated heterocycles. The molecular formula is C13H14FN3O2. The molecule has 1 aromatic rings. The van der Waals surface area contributed by atoms with Gasteiger partial charge in [0.05, 0.1) is 11.6 Å². The summed E-state index contributed by atoms with van der Waals surface area (Å²) in [7, 11) is 0. The van der Waals surface area contributed by atoms with E-state index in [-0.39, 0.29) is 12.1 Å². The van der Waals surface area contributed by atoms with Crippen LogP contribution >= 0.6 is 0 Å². The molecule has 1 aromatic carbocycles. The first-order valence-electron chi connectivity index (χ1n) is 5.87. The number of nitrogens with zero attached hydrogens (tertiary/aromatic N) is 2. The standard InChI is InChI=1S/C13H14FN3O2/c14-11-4-9(6-15)3-10(5-11)7-17-2-1-13(16,8-17)12(18)19/h3-5H,1-2,7-8,16H2,(H,18,19). The van der Waals surface area contributed by atoms with Crippen molar-refractivity contribution in [1.82, 2.24) is 4.90 Å². The molecule has 1 aliphatic rings. The number of nitrogens with two attached hydrogens (primary N) is 1. The smallest absolute Gasteiger partial charge is 0.325 e. The van der Waals surface area contributed by atoms with E-state index in [9.17, 15) is 9.18 Å². The van der Waals surface area contributed by atoms with Crippen LogP contribution < -0.4 is 5.73 Å². The van der Waals surface area contributed by atoms with Crippen LogP contribution in [0.2, 0.25) is 0 Å². The Kier molecular flexibility index (Phi) is 3.51. The van der Waals surface area contributed by atoms with Crippen molar-refractivity contribution in [2.45, 2.75) is 18.5 Å². The highest BCUT2D eigenvalue weighted by atomic mass is 19.1. The molecule has 0 spiro atoms. The number of benzene rings is 1. The second kappa shape index (κ2) is 4.96. The zero-order chi connectivity index (χ0) is 14.0.